The zero-order chi connectivity index (χ0) is 5.70. The number of rotatable bonds is 3. The van der Waals surface area contributed by atoms with E-state index < -0.39 is 0 Å². The molecule has 0 aromatic carbocycles. The van der Waals surface area contributed by atoms with Gasteiger partial charge in [0.2, 0.25) is 0 Å². The molecule has 0 aromatic rings. The Morgan fingerprint density at radius 2 is 2.00 bits per heavy atom. The molecule has 0 bridgehead atoms. The van der Waals surface area contributed by atoms with Gasteiger partial charge in [-0.15, -0.1) is 0 Å². The van der Waals surface area contributed by atoms with Gasteiger partial charge in [0.1, 0.15) is 0 Å². The van der Waals surface area contributed by atoms with Crippen molar-refractivity contribution in [2.45, 2.75) is 32.4 Å². The maximum atomic E-state index is 2.32. The third-order valence-corrected chi connectivity index (χ3v) is 7.39. The van der Waals surface area contributed by atoms with Gasteiger partial charge in [0.05, 0.1) is 0 Å². The Bertz CT molecular complexity index is 61.1. The molecule has 0 nitrogen and oxygen atoms in total. The molecule has 0 heterocycles. The van der Waals surface area contributed by atoms with Crippen LogP contribution in [0.4, 0.5) is 0 Å². The Morgan fingerprint density at radius 3 is 2.14 bits per heavy atom. The number of hydrogen-bond acceptors (Lipinski definition) is 0. The van der Waals surface area contributed by atoms with Crippen LogP contribution in [0.2, 0.25) is 12.1 Å². The van der Waals surface area contributed by atoms with Crippen LogP contribution >= 0.6 is 0 Å². The third-order valence-electron chi connectivity index (χ3n) is 0.979. The van der Waals surface area contributed by atoms with Crippen molar-refractivity contribution in [2.75, 3.05) is 0 Å². The molecule has 0 aliphatic heterocycles. The summed E-state index contributed by atoms with van der Waals surface area (Å²) < 4.78 is 0. The van der Waals surface area contributed by atoms with Crippen LogP contribution in [0.1, 0.15) is 20.3 Å². The first kappa shape index (κ1) is 8.10. The molecule has 0 saturated heterocycles. The molecule has 0 spiro atoms. The second-order valence-electron chi connectivity index (χ2n) is 1.71. The average Bonchev–Trinajstić information content (AvgIpc) is 1.68. The molecule has 0 rings (SSSR count). The number of hydrogen-bond donors (Lipinski definition) is 0. The van der Waals surface area contributed by atoms with Gasteiger partial charge in [-0.3, -0.25) is 0 Å². The Morgan fingerprint density at radius 1 is 1.43 bits per heavy atom. The minimum atomic E-state index is 0.210. The van der Waals surface area contributed by atoms with Crippen LogP contribution in [-0.4, -0.2) is 5.43 Å². The summed E-state index contributed by atoms with van der Waals surface area (Å²) in [7, 11) is 0. The second kappa shape index (κ2) is 5.24. The van der Waals surface area contributed by atoms with Gasteiger partial charge >= 0.3 is 61.1 Å². The topological polar surface area (TPSA) is 0 Å². The Hall–Kier alpha value is 1.10. The molecule has 0 N–H and O–H groups in total. The van der Waals surface area contributed by atoms with Crippen LogP contribution in [0.3, 0.4) is 0 Å². The summed E-state index contributed by atoms with van der Waals surface area (Å²) in [6, 6.07) is 3.02. The van der Waals surface area contributed by atoms with Crippen molar-refractivity contribution in [3.05, 3.63) is 0 Å². The first-order valence-electron chi connectivity index (χ1n) is 2.87. The molecule has 0 atom stereocenters. The Kier molecular flexibility index (Phi) is 6.06. The zero-order valence-electron chi connectivity index (χ0n) is 5.12. The molecule has 2 heteroatoms. The average molecular weight is 191 g/mol. The fraction of sp³-hybridized carbons (Fsp3) is 1.00. The molecule has 0 amide bonds. The predicted octanol–water partition coefficient (Wildman–Crippen LogP) is 1.95. The van der Waals surface area contributed by atoms with E-state index in [1.165, 1.54) is 12.5 Å². The summed E-state index contributed by atoms with van der Waals surface area (Å²) in [6.45, 7) is 4.60. The molecular weight excluding hydrogens is 179 g/mol. The zero-order valence-corrected chi connectivity index (χ0v) is 8.58. The van der Waals surface area contributed by atoms with Crippen molar-refractivity contribution in [3.63, 3.8) is 0 Å². The standard InChI is InChI=1S/C5H12Si.Zr/c1-3-5-6-4-2;/h3-5H2,1-2H3;/q;+2. The van der Waals surface area contributed by atoms with Gasteiger partial charge in [0.15, 0.2) is 0 Å². The van der Waals surface area contributed by atoms with Gasteiger partial charge < -0.3 is 0 Å². The van der Waals surface area contributed by atoms with E-state index in [9.17, 15) is 0 Å². The van der Waals surface area contributed by atoms with E-state index in [1.54, 1.807) is 6.04 Å². The summed E-state index contributed by atoms with van der Waals surface area (Å²) in [6.07, 6.45) is 1.41. The van der Waals surface area contributed by atoms with Crippen molar-refractivity contribution >= 4 is 5.43 Å². The van der Waals surface area contributed by atoms with Crippen LogP contribution in [0.15, 0.2) is 0 Å². The maximum absolute atomic E-state index is 2.32. The molecule has 0 unspecified atom stereocenters. The van der Waals surface area contributed by atoms with Gasteiger partial charge in [0.25, 0.3) is 0 Å². The van der Waals surface area contributed by atoms with Crippen LogP contribution in [0.5, 0.6) is 0 Å². The first-order valence-corrected chi connectivity index (χ1v) is 8.47. The third kappa shape index (κ3) is 4.96. The second-order valence-corrected chi connectivity index (χ2v) is 9.34. The van der Waals surface area contributed by atoms with Crippen LogP contribution in [-0.2, 0) is 23.3 Å². The fourth-order valence-electron chi connectivity index (χ4n) is 0.479. The Labute approximate surface area is 61.1 Å². The fourth-order valence-corrected chi connectivity index (χ4v) is 3.28. The van der Waals surface area contributed by atoms with E-state index in [0.29, 0.717) is 0 Å². The summed E-state index contributed by atoms with van der Waals surface area (Å²) >= 11 is 1.82. The monoisotopic (exact) mass is 190 g/mol. The molecule has 0 aliphatic rings. The van der Waals surface area contributed by atoms with Crippen molar-refractivity contribution in [2.24, 2.45) is 0 Å². The summed E-state index contributed by atoms with van der Waals surface area (Å²) in [5.74, 6) is 0. The molecular formula is C5H12SiZr+2. The molecule has 0 aliphatic carbocycles. The van der Waals surface area contributed by atoms with Crippen LogP contribution in [0, 0.1) is 0 Å². The van der Waals surface area contributed by atoms with E-state index >= 15 is 0 Å². The molecule has 7 heavy (non-hydrogen) atoms. The normalized spacial score (nSPS) is 9.14. The molecule has 0 aromatic heterocycles. The minimum absolute atomic E-state index is 0.210. The van der Waals surface area contributed by atoms with Gasteiger partial charge in [-0.1, -0.05) is 0 Å². The first-order chi connectivity index (χ1) is 3.31. The molecule has 0 fully saturated rings. The van der Waals surface area contributed by atoms with Crippen LogP contribution < -0.4 is 0 Å². The van der Waals surface area contributed by atoms with E-state index in [-0.39, 0.29) is 5.43 Å². The van der Waals surface area contributed by atoms with Gasteiger partial charge in [-0.25, -0.2) is 0 Å². The van der Waals surface area contributed by atoms with Crippen molar-refractivity contribution < 1.29 is 23.3 Å². The van der Waals surface area contributed by atoms with E-state index in [4.69, 9.17) is 0 Å². The van der Waals surface area contributed by atoms with Crippen molar-refractivity contribution in [1.82, 2.24) is 0 Å². The van der Waals surface area contributed by atoms with E-state index in [1.807, 2.05) is 23.3 Å². The predicted molar refractivity (Wildman–Crippen MR) is 31.3 cm³/mol. The SMILES string of the molecule is CCC[Si](=[Zr+2])CC. The summed E-state index contributed by atoms with van der Waals surface area (Å²) in [5.41, 5.74) is 0.210. The van der Waals surface area contributed by atoms with E-state index in [0.717, 1.165) is 0 Å². The molecule has 38 valence electrons. The van der Waals surface area contributed by atoms with Crippen molar-refractivity contribution in [1.29, 1.82) is 0 Å². The van der Waals surface area contributed by atoms with Crippen molar-refractivity contribution in [3.8, 4) is 0 Å². The summed E-state index contributed by atoms with van der Waals surface area (Å²) in [4.78, 5) is 0. The quantitative estimate of drug-likeness (QED) is 0.598. The van der Waals surface area contributed by atoms with Gasteiger partial charge in [0, 0.05) is 0 Å². The van der Waals surface area contributed by atoms with Gasteiger partial charge in [-0.2, -0.15) is 0 Å². The van der Waals surface area contributed by atoms with Gasteiger partial charge in [-0.05, 0) is 0 Å². The Balaban J connectivity index is 3.00. The van der Waals surface area contributed by atoms with Crippen LogP contribution in [0.25, 0.3) is 0 Å². The summed E-state index contributed by atoms with van der Waals surface area (Å²) in [5, 5.41) is 0. The molecule has 0 radical (unpaired) electrons. The van der Waals surface area contributed by atoms with E-state index in [2.05, 4.69) is 13.8 Å². The molecule has 0 saturated carbocycles.